The highest BCUT2D eigenvalue weighted by Crippen LogP contribution is 2.36. The van der Waals surface area contributed by atoms with Crippen LogP contribution in [-0.4, -0.2) is 29.2 Å². The fourth-order valence-electron chi connectivity index (χ4n) is 1.82. The Kier molecular flexibility index (Phi) is 3.71. The molecule has 1 amide bonds. The molecule has 1 aromatic rings. The molecule has 1 aliphatic heterocycles. The van der Waals surface area contributed by atoms with Crippen molar-refractivity contribution in [2.75, 3.05) is 5.32 Å². The number of carbonyl (C=O) groups is 1. The lowest BCUT2D eigenvalue weighted by molar-refractivity contribution is -0.111. The molecular formula is C14H19BN2O3. The maximum absolute atomic E-state index is 11.3. The Morgan fingerprint density at radius 1 is 1.35 bits per heavy atom. The summed E-state index contributed by atoms with van der Waals surface area (Å²) < 4.78 is 11.9. The minimum Gasteiger partial charge on any atom is -0.399 e. The normalized spacial score (nSPS) is 19.7. The van der Waals surface area contributed by atoms with Crippen LogP contribution in [0.1, 0.15) is 27.7 Å². The van der Waals surface area contributed by atoms with Crippen LogP contribution >= 0.6 is 0 Å². The molecule has 0 atom stereocenters. The largest absolute Gasteiger partial charge is 0.495 e. The first-order chi connectivity index (χ1) is 9.25. The quantitative estimate of drug-likeness (QED) is 0.670. The number of nitrogens with zero attached hydrogens (tertiary/aromatic N) is 1. The summed E-state index contributed by atoms with van der Waals surface area (Å²) in [6.07, 6.45) is 2.81. The molecule has 1 N–H and O–H groups in total. The molecule has 1 aliphatic rings. The maximum Gasteiger partial charge on any atom is 0.495 e. The van der Waals surface area contributed by atoms with Gasteiger partial charge < -0.3 is 14.6 Å². The van der Waals surface area contributed by atoms with Gasteiger partial charge in [-0.2, -0.15) is 0 Å². The number of rotatable bonds is 3. The summed E-state index contributed by atoms with van der Waals surface area (Å²) in [4.78, 5) is 15.4. The monoisotopic (exact) mass is 274 g/mol. The SMILES string of the molecule is C=CC(=O)Nc1cc(B2OC(C)(C)C(C)(C)O2)ccn1. The van der Waals surface area contributed by atoms with E-state index < -0.39 is 18.3 Å². The molecule has 1 fully saturated rings. The molecule has 1 saturated heterocycles. The van der Waals surface area contributed by atoms with Gasteiger partial charge in [0.2, 0.25) is 5.91 Å². The Bertz CT molecular complexity index is 527. The predicted octanol–water partition coefficient (Wildman–Crippen LogP) is 1.51. The lowest BCUT2D eigenvalue weighted by atomic mass is 9.80. The Labute approximate surface area is 119 Å². The molecule has 0 unspecified atom stereocenters. The Morgan fingerprint density at radius 3 is 2.50 bits per heavy atom. The van der Waals surface area contributed by atoms with E-state index in [1.54, 1.807) is 12.3 Å². The fourth-order valence-corrected chi connectivity index (χ4v) is 1.82. The van der Waals surface area contributed by atoms with Gasteiger partial charge in [-0.3, -0.25) is 4.79 Å². The third-order valence-corrected chi connectivity index (χ3v) is 3.75. The molecule has 5 nitrogen and oxygen atoms in total. The van der Waals surface area contributed by atoms with E-state index in [2.05, 4.69) is 16.9 Å². The molecular weight excluding hydrogens is 255 g/mol. The van der Waals surface area contributed by atoms with E-state index in [-0.39, 0.29) is 5.91 Å². The van der Waals surface area contributed by atoms with Crippen molar-refractivity contribution in [3.63, 3.8) is 0 Å². The fraction of sp³-hybridized carbons (Fsp3) is 0.429. The van der Waals surface area contributed by atoms with Crippen molar-refractivity contribution in [2.24, 2.45) is 0 Å². The van der Waals surface area contributed by atoms with Crippen LogP contribution in [0.5, 0.6) is 0 Å². The van der Waals surface area contributed by atoms with Crippen LogP contribution in [-0.2, 0) is 14.1 Å². The van der Waals surface area contributed by atoms with Gasteiger partial charge in [0.1, 0.15) is 5.82 Å². The molecule has 1 aromatic heterocycles. The van der Waals surface area contributed by atoms with Crippen LogP contribution in [0.3, 0.4) is 0 Å². The Balaban J connectivity index is 2.21. The first-order valence-electron chi connectivity index (χ1n) is 6.50. The van der Waals surface area contributed by atoms with Gasteiger partial charge in [-0.1, -0.05) is 6.58 Å². The molecule has 20 heavy (non-hydrogen) atoms. The predicted molar refractivity (Wildman–Crippen MR) is 78.8 cm³/mol. The van der Waals surface area contributed by atoms with E-state index in [4.69, 9.17) is 9.31 Å². The summed E-state index contributed by atoms with van der Waals surface area (Å²) >= 11 is 0. The maximum atomic E-state index is 11.3. The van der Waals surface area contributed by atoms with Gasteiger partial charge in [0.25, 0.3) is 0 Å². The average molecular weight is 274 g/mol. The number of amides is 1. The zero-order valence-electron chi connectivity index (χ0n) is 12.3. The molecule has 0 radical (unpaired) electrons. The van der Waals surface area contributed by atoms with Crippen LogP contribution in [0.15, 0.2) is 31.0 Å². The summed E-state index contributed by atoms with van der Waals surface area (Å²) in [6, 6.07) is 3.55. The zero-order valence-corrected chi connectivity index (χ0v) is 12.3. The van der Waals surface area contributed by atoms with Gasteiger partial charge in [0, 0.05) is 6.20 Å². The second kappa shape index (κ2) is 5.03. The van der Waals surface area contributed by atoms with Crippen molar-refractivity contribution in [3.05, 3.63) is 31.0 Å². The molecule has 2 heterocycles. The minimum atomic E-state index is -0.470. The summed E-state index contributed by atoms with van der Waals surface area (Å²) in [7, 11) is -0.470. The van der Waals surface area contributed by atoms with Crippen LogP contribution in [0, 0.1) is 0 Å². The van der Waals surface area contributed by atoms with E-state index >= 15 is 0 Å². The second-order valence-corrected chi connectivity index (χ2v) is 5.76. The molecule has 0 bridgehead atoms. The summed E-state index contributed by atoms with van der Waals surface area (Å²) in [5.74, 6) is 0.144. The van der Waals surface area contributed by atoms with Gasteiger partial charge in [0.05, 0.1) is 11.2 Å². The van der Waals surface area contributed by atoms with Gasteiger partial charge in [-0.25, -0.2) is 4.98 Å². The Hall–Kier alpha value is -1.66. The minimum absolute atomic E-state index is 0.302. The van der Waals surface area contributed by atoms with E-state index in [0.717, 1.165) is 5.46 Å². The van der Waals surface area contributed by atoms with Gasteiger partial charge in [-0.15, -0.1) is 0 Å². The average Bonchev–Trinajstić information content (AvgIpc) is 2.59. The third-order valence-electron chi connectivity index (χ3n) is 3.75. The van der Waals surface area contributed by atoms with Crippen LogP contribution in [0.25, 0.3) is 0 Å². The molecule has 0 aliphatic carbocycles. The van der Waals surface area contributed by atoms with Crippen molar-refractivity contribution < 1.29 is 14.1 Å². The van der Waals surface area contributed by atoms with Gasteiger partial charge in [-0.05, 0) is 51.4 Å². The second-order valence-electron chi connectivity index (χ2n) is 5.76. The molecule has 0 aromatic carbocycles. The lowest BCUT2D eigenvalue weighted by Gasteiger charge is -2.32. The van der Waals surface area contributed by atoms with Crippen molar-refractivity contribution in [1.82, 2.24) is 4.98 Å². The van der Waals surface area contributed by atoms with E-state index in [0.29, 0.717) is 5.82 Å². The van der Waals surface area contributed by atoms with E-state index in [1.165, 1.54) is 6.08 Å². The molecule has 6 heteroatoms. The van der Waals surface area contributed by atoms with Crippen LogP contribution < -0.4 is 10.8 Å². The highest BCUT2D eigenvalue weighted by molar-refractivity contribution is 6.62. The number of carbonyl (C=O) groups excluding carboxylic acids is 1. The highest BCUT2D eigenvalue weighted by Gasteiger charge is 2.51. The first-order valence-corrected chi connectivity index (χ1v) is 6.50. The number of pyridine rings is 1. The number of hydrogen-bond donors (Lipinski definition) is 1. The number of nitrogens with one attached hydrogen (secondary N) is 1. The Morgan fingerprint density at radius 2 is 1.95 bits per heavy atom. The summed E-state index contributed by atoms with van der Waals surface area (Å²) in [5, 5.41) is 2.62. The number of anilines is 1. The van der Waals surface area contributed by atoms with Gasteiger partial charge >= 0.3 is 7.12 Å². The number of hydrogen-bond acceptors (Lipinski definition) is 4. The third kappa shape index (κ3) is 2.76. The summed E-state index contributed by atoms with van der Waals surface area (Å²) in [5.41, 5.74) is 0.0229. The molecule has 2 rings (SSSR count). The molecule has 0 saturated carbocycles. The van der Waals surface area contributed by atoms with Crippen LogP contribution in [0.4, 0.5) is 5.82 Å². The zero-order chi connectivity index (χ0) is 15.0. The van der Waals surface area contributed by atoms with Gasteiger partial charge in [0.15, 0.2) is 0 Å². The van der Waals surface area contributed by atoms with E-state index in [1.807, 2.05) is 33.8 Å². The smallest absolute Gasteiger partial charge is 0.399 e. The molecule has 106 valence electrons. The van der Waals surface area contributed by atoms with E-state index in [9.17, 15) is 4.79 Å². The first kappa shape index (κ1) is 14.7. The van der Waals surface area contributed by atoms with Crippen molar-refractivity contribution in [1.29, 1.82) is 0 Å². The lowest BCUT2D eigenvalue weighted by Crippen LogP contribution is -2.41. The number of aromatic nitrogens is 1. The summed E-state index contributed by atoms with van der Waals surface area (Å²) in [6.45, 7) is 11.4. The van der Waals surface area contributed by atoms with Crippen LogP contribution in [0.2, 0.25) is 0 Å². The van der Waals surface area contributed by atoms with Crippen molar-refractivity contribution in [2.45, 2.75) is 38.9 Å². The standard InChI is InChI=1S/C14H19BN2O3/c1-6-12(18)17-11-9-10(7-8-16-11)15-19-13(2,3)14(4,5)20-15/h6-9H,1H2,2-5H3,(H,16,17,18). The highest BCUT2D eigenvalue weighted by atomic mass is 16.7. The topological polar surface area (TPSA) is 60.5 Å². The van der Waals surface area contributed by atoms with Crippen molar-refractivity contribution >= 4 is 24.3 Å². The molecule has 0 spiro atoms. The van der Waals surface area contributed by atoms with Crippen molar-refractivity contribution in [3.8, 4) is 0 Å².